The molecule has 1 radical (unpaired) electrons. The van der Waals surface area contributed by atoms with Crippen molar-refractivity contribution in [1.29, 1.82) is 0 Å². The molecule has 93 valence electrons. The molecule has 0 fully saturated rings. The first-order valence-corrected chi connectivity index (χ1v) is 5.26. The summed E-state index contributed by atoms with van der Waals surface area (Å²) in [6.07, 6.45) is 1.23. The van der Waals surface area contributed by atoms with Gasteiger partial charge in [0.25, 0.3) is 0 Å². The van der Waals surface area contributed by atoms with Crippen molar-refractivity contribution >= 4 is 5.97 Å². The predicted molar refractivity (Wildman–Crippen MR) is 60.9 cm³/mol. The minimum atomic E-state index is -0.601. The summed E-state index contributed by atoms with van der Waals surface area (Å²) in [6.45, 7) is 12.5. The topological polar surface area (TPSA) is 44.8 Å². The van der Waals surface area contributed by atoms with Crippen LogP contribution >= 0.6 is 0 Å². The summed E-state index contributed by atoms with van der Waals surface area (Å²) in [5, 5.41) is 0. The Morgan fingerprint density at radius 2 is 1.88 bits per heavy atom. The molecule has 0 spiro atoms. The minimum Gasteiger partial charge on any atom is -0.343 e. The molecule has 0 heterocycles. The van der Waals surface area contributed by atoms with Crippen LogP contribution in [-0.4, -0.2) is 12.3 Å². The second kappa shape index (κ2) is 6.66. The molecule has 0 amide bonds. The van der Waals surface area contributed by atoms with Gasteiger partial charge in [0.05, 0.1) is 6.61 Å². The van der Waals surface area contributed by atoms with Gasteiger partial charge in [-0.3, -0.25) is 4.89 Å². The first kappa shape index (κ1) is 15.1. The van der Waals surface area contributed by atoms with Gasteiger partial charge in [0.15, 0.2) is 0 Å². The first-order valence-electron chi connectivity index (χ1n) is 5.26. The van der Waals surface area contributed by atoms with Gasteiger partial charge in [0.2, 0.25) is 6.29 Å². The second-order valence-electron chi connectivity index (χ2n) is 4.60. The van der Waals surface area contributed by atoms with Crippen molar-refractivity contribution in [2.45, 2.75) is 47.8 Å². The van der Waals surface area contributed by atoms with Crippen molar-refractivity contribution in [3.05, 3.63) is 18.3 Å². The molecule has 1 unspecified atom stereocenters. The summed E-state index contributed by atoms with van der Waals surface area (Å²) in [6, 6.07) is 0. The third kappa shape index (κ3) is 7.43. The van der Waals surface area contributed by atoms with E-state index in [9.17, 15) is 4.79 Å². The molecular weight excluding hydrogens is 208 g/mol. The Bertz CT molecular complexity index is 250. The molecule has 4 heteroatoms. The van der Waals surface area contributed by atoms with Crippen LogP contribution in [-0.2, 0) is 19.3 Å². The first-order chi connectivity index (χ1) is 7.26. The molecule has 16 heavy (non-hydrogen) atoms. The zero-order valence-corrected chi connectivity index (χ0v) is 10.9. The van der Waals surface area contributed by atoms with Gasteiger partial charge in [0.1, 0.15) is 0 Å². The van der Waals surface area contributed by atoms with Gasteiger partial charge in [-0.1, -0.05) is 26.8 Å². The highest BCUT2D eigenvalue weighted by molar-refractivity contribution is 5.87. The molecular formula is C12H21O4. The molecule has 0 aromatic rings. The number of ether oxygens (including phenoxy) is 1. The number of carbonyl (C=O) groups is 1. The lowest BCUT2D eigenvalue weighted by Crippen LogP contribution is -2.16. The third-order valence-corrected chi connectivity index (χ3v) is 1.56. The van der Waals surface area contributed by atoms with Crippen molar-refractivity contribution in [3.63, 3.8) is 0 Å². The SMILES string of the molecule is C[CH]OC(C)OOC(=O)/C(C)=C\C(C)(C)C. The van der Waals surface area contributed by atoms with E-state index in [4.69, 9.17) is 9.62 Å². The lowest BCUT2D eigenvalue weighted by molar-refractivity contribution is -0.338. The van der Waals surface area contributed by atoms with Crippen molar-refractivity contribution in [1.82, 2.24) is 0 Å². The lowest BCUT2D eigenvalue weighted by Gasteiger charge is -2.14. The van der Waals surface area contributed by atoms with Gasteiger partial charge in [-0.2, -0.15) is 4.89 Å². The van der Waals surface area contributed by atoms with Gasteiger partial charge in [-0.25, -0.2) is 4.79 Å². The van der Waals surface area contributed by atoms with E-state index in [0.29, 0.717) is 5.57 Å². The van der Waals surface area contributed by atoms with Crippen LogP contribution in [0.15, 0.2) is 11.6 Å². The Morgan fingerprint density at radius 1 is 1.31 bits per heavy atom. The number of rotatable bonds is 5. The highest BCUT2D eigenvalue weighted by atomic mass is 17.2. The fourth-order valence-electron chi connectivity index (χ4n) is 1.10. The van der Waals surface area contributed by atoms with E-state index in [1.165, 1.54) is 6.61 Å². The number of carbonyl (C=O) groups excluding carboxylic acids is 1. The van der Waals surface area contributed by atoms with Crippen LogP contribution < -0.4 is 0 Å². The van der Waals surface area contributed by atoms with E-state index < -0.39 is 12.3 Å². The molecule has 1 atom stereocenters. The largest absolute Gasteiger partial charge is 0.368 e. The predicted octanol–water partition coefficient (Wildman–Crippen LogP) is 3.00. The molecule has 0 aliphatic rings. The van der Waals surface area contributed by atoms with Crippen LogP contribution in [0, 0.1) is 12.0 Å². The van der Waals surface area contributed by atoms with Crippen molar-refractivity contribution in [2.24, 2.45) is 5.41 Å². The molecule has 0 aromatic carbocycles. The van der Waals surface area contributed by atoms with Crippen LogP contribution in [0.3, 0.4) is 0 Å². The van der Waals surface area contributed by atoms with Gasteiger partial charge >= 0.3 is 5.97 Å². The summed E-state index contributed by atoms with van der Waals surface area (Å²) in [4.78, 5) is 20.8. The van der Waals surface area contributed by atoms with Crippen molar-refractivity contribution < 1.29 is 19.3 Å². The summed E-state index contributed by atoms with van der Waals surface area (Å²) in [5.41, 5.74) is 0.447. The van der Waals surface area contributed by atoms with Crippen LogP contribution in [0.2, 0.25) is 0 Å². The smallest absolute Gasteiger partial charge is 0.343 e. The second-order valence-corrected chi connectivity index (χ2v) is 4.60. The fourth-order valence-corrected chi connectivity index (χ4v) is 1.10. The van der Waals surface area contributed by atoms with Crippen molar-refractivity contribution in [3.8, 4) is 0 Å². The Balaban J connectivity index is 4.12. The zero-order valence-electron chi connectivity index (χ0n) is 10.9. The number of hydrogen-bond acceptors (Lipinski definition) is 4. The van der Waals surface area contributed by atoms with Gasteiger partial charge in [-0.05, 0) is 26.2 Å². The fraction of sp³-hybridized carbons (Fsp3) is 0.667. The summed E-state index contributed by atoms with van der Waals surface area (Å²) in [5.74, 6) is -0.499. The van der Waals surface area contributed by atoms with E-state index in [1.54, 1.807) is 20.8 Å². The van der Waals surface area contributed by atoms with Crippen LogP contribution in [0.5, 0.6) is 0 Å². The van der Waals surface area contributed by atoms with Crippen LogP contribution in [0.1, 0.15) is 41.5 Å². The maximum absolute atomic E-state index is 11.4. The van der Waals surface area contributed by atoms with E-state index in [2.05, 4.69) is 4.89 Å². The highest BCUT2D eigenvalue weighted by Gasteiger charge is 2.14. The van der Waals surface area contributed by atoms with Gasteiger partial charge in [-0.15, -0.1) is 0 Å². The average Bonchev–Trinajstić information content (AvgIpc) is 2.11. The van der Waals surface area contributed by atoms with Gasteiger partial charge < -0.3 is 4.74 Å². The zero-order chi connectivity index (χ0) is 12.8. The summed E-state index contributed by atoms with van der Waals surface area (Å²) in [7, 11) is 0. The Kier molecular flexibility index (Phi) is 6.29. The number of hydrogen-bond donors (Lipinski definition) is 0. The summed E-state index contributed by atoms with van der Waals surface area (Å²) < 4.78 is 4.93. The van der Waals surface area contributed by atoms with Crippen molar-refractivity contribution in [2.75, 3.05) is 0 Å². The van der Waals surface area contributed by atoms with E-state index in [1.807, 2.05) is 26.8 Å². The van der Waals surface area contributed by atoms with E-state index >= 15 is 0 Å². The van der Waals surface area contributed by atoms with Crippen LogP contribution in [0.4, 0.5) is 0 Å². The van der Waals surface area contributed by atoms with E-state index in [0.717, 1.165) is 0 Å². The van der Waals surface area contributed by atoms with Gasteiger partial charge in [0, 0.05) is 5.57 Å². The van der Waals surface area contributed by atoms with Crippen LogP contribution in [0.25, 0.3) is 0 Å². The average molecular weight is 229 g/mol. The molecule has 0 bridgehead atoms. The molecule has 0 N–H and O–H groups in total. The Hall–Kier alpha value is -0.870. The lowest BCUT2D eigenvalue weighted by atomic mass is 9.94. The maximum Gasteiger partial charge on any atom is 0.368 e. The quantitative estimate of drug-likeness (QED) is 0.314. The maximum atomic E-state index is 11.4. The Morgan fingerprint density at radius 3 is 2.31 bits per heavy atom. The van der Waals surface area contributed by atoms with E-state index in [-0.39, 0.29) is 5.41 Å². The number of allylic oxidation sites excluding steroid dienone is 1. The standard InChI is InChI=1S/C12H21O4/c1-7-14-10(3)15-16-11(13)9(2)8-12(4,5)6/h7-8,10H,1-6H3/b9-8-. The molecule has 4 nitrogen and oxygen atoms in total. The monoisotopic (exact) mass is 229 g/mol. The molecule has 0 rings (SSSR count). The molecule has 0 saturated carbocycles. The molecule has 0 saturated heterocycles. The highest BCUT2D eigenvalue weighted by Crippen LogP contribution is 2.18. The molecule has 0 aliphatic carbocycles. The minimum absolute atomic E-state index is 0.0670. The Labute approximate surface area is 97.5 Å². The molecule has 0 aromatic heterocycles. The third-order valence-electron chi connectivity index (χ3n) is 1.56. The molecule has 0 aliphatic heterocycles. The summed E-state index contributed by atoms with van der Waals surface area (Å²) >= 11 is 0. The normalized spacial score (nSPS) is 14.8.